The Labute approximate surface area is 257 Å². The van der Waals surface area contributed by atoms with Gasteiger partial charge in [0.1, 0.15) is 11.5 Å². The average molecular weight is 635 g/mol. The fraction of sp³-hybridized carbons (Fsp3) is 0.233. The molecule has 0 aliphatic heterocycles. The number of carbonyl (C=O) groups excluding carboxylic acids is 1. The molecule has 1 aromatic heterocycles. The van der Waals surface area contributed by atoms with E-state index in [1.165, 1.54) is 24.3 Å². The predicted octanol–water partition coefficient (Wildman–Crippen LogP) is 6.55. The molecule has 4 N–H and O–H groups in total. The van der Waals surface area contributed by atoms with Crippen LogP contribution in [0.5, 0.6) is 0 Å². The summed E-state index contributed by atoms with van der Waals surface area (Å²) in [5.41, 5.74) is 6.44. The highest BCUT2D eigenvalue weighted by Gasteiger charge is 2.36. The Morgan fingerprint density at radius 1 is 1.05 bits per heavy atom. The molecule has 1 atom stereocenters. The second-order valence-corrected chi connectivity index (χ2v) is 9.91. The third kappa shape index (κ3) is 7.91. The fourth-order valence-electron chi connectivity index (χ4n) is 4.52. The molecular weight excluding hydrogens is 607 g/mol. The van der Waals surface area contributed by atoms with Crippen molar-refractivity contribution in [1.29, 1.82) is 5.26 Å². The highest BCUT2D eigenvalue weighted by molar-refractivity contribution is 6.03. The number of nitrogens with one attached hydrogen (secondary N) is 2. The lowest BCUT2D eigenvalue weighted by molar-refractivity contribution is -0.141. The van der Waals surface area contributed by atoms with E-state index in [9.17, 15) is 27.6 Å². The van der Waals surface area contributed by atoms with Crippen LogP contribution >= 0.6 is 24.8 Å². The standard InChI is InChI=1S/C30H26F4N6O.2ClH/c31-24-10-9-22(28(37-17-18-7-8-18)21-5-1-3-19(11-21)15-35)13-25(24)38-29(41)26-14-27(30(32,33)34)39-40(26)23-6-2-4-20(12-23)16-36;;/h1-6,9-14,18,28,37H,7-8,16-17,36H2,(H,38,41);2*1H/t28-;;/m0../s1. The number of amides is 1. The van der Waals surface area contributed by atoms with Gasteiger partial charge in [0.05, 0.1) is 29.0 Å². The van der Waals surface area contributed by atoms with E-state index in [2.05, 4.69) is 21.8 Å². The van der Waals surface area contributed by atoms with E-state index in [-0.39, 0.29) is 42.7 Å². The van der Waals surface area contributed by atoms with E-state index in [1.54, 1.807) is 36.4 Å². The van der Waals surface area contributed by atoms with E-state index in [0.717, 1.165) is 23.1 Å². The molecule has 226 valence electrons. The summed E-state index contributed by atoms with van der Waals surface area (Å²) in [6.45, 7) is 0.843. The monoisotopic (exact) mass is 634 g/mol. The number of carbonyl (C=O) groups is 1. The van der Waals surface area contributed by atoms with Gasteiger partial charge in [-0.05, 0) is 78.4 Å². The first kappa shape index (κ1) is 33.6. The van der Waals surface area contributed by atoms with Gasteiger partial charge < -0.3 is 16.4 Å². The minimum atomic E-state index is -4.81. The van der Waals surface area contributed by atoms with Gasteiger partial charge in [-0.25, -0.2) is 9.07 Å². The molecule has 43 heavy (non-hydrogen) atoms. The van der Waals surface area contributed by atoms with Gasteiger partial charge in [-0.1, -0.05) is 30.3 Å². The van der Waals surface area contributed by atoms with E-state index < -0.39 is 35.3 Å². The Balaban J connectivity index is 0.00000253. The molecule has 7 nitrogen and oxygen atoms in total. The largest absolute Gasteiger partial charge is 0.435 e. The third-order valence-electron chi connectivity index (χ3n) is 6.85. The van der Waals surface area contributed by atoms with E-state index in [0.29, 0.717) is 35.2 Å². The molecule has 0 spiro atoms. The van der Waals surface area contributed by atoms with Crippen molar-refractivity contribution in [2.75, 3.05) is 11.9 Å². The van der Waals surface area contributed by atoms with Crippen LogP contribution in [0.3, 0.4) is 0 Å². The van der Waals surface area contributed by atoms with Gasteiger partial charge in [-0.3, -0.25) is 4.79 Å². The van der Waals surface area contributed by atoms with Gasteiger partial charge in [0.25, 0.3) is 5.91 Å². The van der Waals surface area contributed by atoms with Crippen molar-refractivity contribution in [1.82, 2.24) is 15.1 Å². The summed E-state index contributed by atoms with van der Waals surface area (Å²) in [6, 6.07) is 19.8. The van der Waals surface area contributed by atoms with Crippen LogP contribution in [0, 0.1) is 23.1 Å². The first-order chi connectivity index (χ1) is 19.7. The maximum absolute atomic E-state index is 15.0. The number of hydrogen-bond donors (Lipinski definition) is 3. The van der Waals surface area contributed by atoms with E-state index in [1.807, 2.05) is 6.07 Å². The summed E-state index contributed by atoms with van der Waals surface area (Å²) in [5, 5.41) is 18.9. The van der Waals surface area contributed by atoms with Crippen molar-refractivity contribution in [3.05, 3.63) is 112 Å². The molecule has 1 heterocycles. The third-order valence-corrected chi connectivity index (χ3v) is 6.85. The minimum absolute atomic E-state index is 0. The Bertz CT molecular complexity index is 1630. The highest BCUT2D eigenvalue weighted by atomic mass is 35.5. The van der Waals surface area contributed by atoms with Crippen molar-refractivity contribution in [3.63, 3.8) is 0 Å². The van der Waals surface area contributed by atoms with E-state index in [4.69, 9.17) is 5.73 Å². The zero-order valence-electron chi connectivity index (χ0n) is 22.6. The number of aromatic nitrogens is 2. The summed E-state index contributed by atoms with van der Waals surface area (Å²) in [4.78, 5) is 13.3. The second kappa shape index (κ2) is 14.0. The van der Waals surface area contributed by atoms with Crippen LogP contribution in [0.2, 0.25) is 0 Å². The summed E-state index contributed by atoms with van der Waals surface area (Å²) >= 11 is 0. The first-order valence-corrected chi connectivity index (χ1v) is 13.0. The van der Waals surface area contributed by atoms with Crippen LogP contribution in [0.1, 0.15) is 57.3 Å². The maximum Gasteiger partial charge on any atom is 0.435 e. The van der Waals surface area contributed by atoms with Gasteiger partial charge in [0, 0.05) is 12.6 Å². The average Bonchev–Trinajstić information content (AvgIpc) is 3.68. The molecule has 4 aromatic rings. The van der Waals surface area contributed by atoms with Crippen LogP contribution in [0.4, 0.5) is 23.2 Å². The molecule has 1 amide bonds. The molecule has 13 heteroatoms. The lowest BCUT2D eigenvalue weighted by atomic mass is 9.96. The predicted molar refractivity (Wildman–Crippen MR) is 159 cm³/mol. The summed E-state index contributed by atoms with van der Waals surface area (Å²) in [7, 11) is 0. The molecule has 0 bridgehead atoms. The number of nitrogens with two attached hydrogens (primary N) is 1. The number of nitrogens with zero attached hydrogens (tertiary/aromatic N) is 3. The molecule has 0 radical (unpaired) electrons. The molecule has 5 rings (SSSR count). The van der Waals surface area contributed by atoms with Crippen LogP contribution < -0.4 is 16.4 Å². The Hall–Kier alpha value is -3.95. The quantitative estimate of drug-likeness (QED) is 0.181. The SMILES string of the molecule is Cl.Cl.N#Cc1cccc([C@H](NCC2CC2)c2ccc(F)c(NC(=O)c3cc(C(F)(F)F)nn3-c3cccc(CN)c3)c2)c1. The zero-order valence-corrected chi connectivity index (χ0v) is 24.2. The number of benzene rings is 3. The van der Waals surface area contributed by atoms with Gasteiger partial charge >= 0.3 is 6.18 Å². The molecule has 3 aromatic carbocycles. The minimum Gasteiger partial charge on any atom is -0.326 e. The first-order valence-electron chi connectivity index (χ1n) is 13.0. The van der Waals surface area contributed by atoms with Crippen molar-refractivity contribution in [3.8, 4) is 11.8 Å². The second-order valence-electron chi connectivity index (χ2n) is 9.91. The number of halogens is 6. The van der Waals surface area contributed by atoms with Gasteiger partial charge in [0.2, 0.25) is 0 Å². The summed E-state index contributed by atoms with van der Waals surface area (Å²) < 4.78 is 56.6. The maximum atomic E-state index is 15.0. The highest BCUT2D eigenvalue weighted by Crippen LogP contribution is 2.33. The van der Waals surface area contributed by atoms with Crippen molar-refractivity contribution < 1.29 is 22.4 Å². The summed E-state index contributed by atoms with van der Waals surface area (Å²) in [5.74, 6) is -1.21. The zero-order chi connectivity index (χ0) is 29.1. The van der Waals surface area contributed by atoms with Crippen molar-refractivity contribution in [2.24, 2.45) is 11.7 Å². The van der Waals surface area contributed by atoms with Gasteiger partial charge in [-0.2, -0.15) is 23.5 Å². The number of rotatable bonds is 9. The number of alkyl halides is 3. The Kier molecular flexibility index (Phi) is 10.9. The molecule has 1 saturated carbocycles. The van der Waals surface area contributed by atoms with Crippen molar-refractivity contribution >= 4 is 36.4 Å². The molecule has 1 aliphatic rings. The number of anilines is 1. The molecule has 1 aliphatic carbocycles. The van der Waals surface area contributed by atoms with Crippen LogP contribution in [0.25, 0.3) is 5.69 Å². The lowest BCUT2D eigenvalue weighted by Gasteiger charge is -2.21. The summed E-state index contributed by atoms with van der Waals surface area (Å²) in [6.07, 6.45) is -2.61. The molecular formula is C30H28Cl2F4N6O. The number of nitriles is 1. The topological polar surface area (TPSA) is 109 Å². The Morgan fingerprint density at radius 3 is 2.44 bits per heavy atom. The van der Waals surface area contributed by atoms with E-state index >= 15 is 0 Å². The lowest BCUT2D eigenvalue weighted by Crippen LogP contribution is -2.25. The van der Waals surface area contributed by atoms with Crippen LogP contribution in [-0.4, -0.2) is 22.2 Å². The van der Waals surface area contributed by atoms with Crippen LogP contribution in [0.15, 0.2) is 72.8 Å². The normalized spacial score (nSPS) is 13.3. The molecule has 0 saturated heterocycles. The van der Waals surface area contributed by atoms with Crippen molar-refractivity contribution in [2.45, 2.75) is 31.6 Å². The Morgan fingerprint density at radius 2 is 1.77 bits per heavy atom. The fourth-order valence-corrected chi connectivity index (χ4v) is 4.52. The molecule has 1 fully saturated rings. The smallest absolute Gasteiger partial charge is 0.326 e. The number of hydrogen-bond acceptors (Lipinski definition) is 5. The van der Waals surface area contributed by atoms with Gasteiger partial charge in [0.15, 0.2) is 5.69 Å². The molecule has 0 unspecified atom stereocenters. The van der Waals surface area contributed by atoms with Gasteiger partial charge in [-0.15, -0.1) is 24.8 Å². The van der Waals surface area contributed by atoms with Crippen LogP contribution in [-0.2, 0) is 12.7 Å².